The zero-order valence-electron chi connectivity index (χ0n) is 11.9. The molecule has 0 saturated heterocycles. The van der Waals surface area contributed by atoms with Gasteiger partial charge in [-0.05, 0) is 48.0 Å². The summed E-state index contributed by atoms with van der Waals surface area (Å²) in [6, 6.07) is 20.2. The van der Waals surface area contributed by atoms with E-state index in [1.807, 2.05) is 6.07 Å². The van der Waals surface area contributed by atoms with E-state index < -0.39 is 9.84 Å². The third kappa shape index (κ3) is 3.27. The van der Waals surface area contributed by atoms with Crippen LogP contribution in [0.25, 0.3) is 11.1 Å². The number of benzene rings is 3. The van der Waals surface area contributed by atoms with Gasteiger partial charge in [-0.1, -0.05) is 53.5 Å². The predicted molar refractivity (Wildman–Crippen MR) is 93.8 cm³/mol. The highest BCUT2D eigenvalue weighted by Crippen LogP contribution is 2.32. The summed E-state index contributed by atoms with van der Waals surface area (Å²) in [4.78, 5) is 0.466. The molecule has 0 saturated carbocycles. The van der Waals surface area contributed by atoms with Gasteiger partial charge in [0.05, 0.1) is 9.79 Å². The minimum atomic E-state index is -3.64. The largest absolute Gasteiger partial charge is 0.218 e. The normalized spacial score (nSPS) is 11.4. The summed E-state index contributed by atoms with van der Waals surface area (Å²) in [5.41, 5.74) is 1.43. The number of hydrogen-bond donors (Lipinski definition) is 0. The van der Waals surface area contributed by atoms with Crippen LogP contribution in [-0.4, -0.2) is 8.42 Å². The van der Waals surface area contributed by atoms with Gasteiger partial charge in [-0.25, -0.2) is 8.42 Å². The van der Waals surface area contributed by atoms with E-state index in [1.165, 1.54) is 12.1 Å². The lowest BCUT2D eigenvalue weighted by Gasteiger charge is -2.11. The fraction of sp³-hybridized carbons (Fsp3) is 0. The monoisotopic (exact) mass is 362 g/mol. The van der Waals surface area contributed by atoms with Gasteiger partial charge in [-0.2, -0.15) is 0 Å². The third-order valence-corrected chi connectivity index (χ3v) is 5.79. The summed E-state index contributed by atoms with van der Waals surface area (Å²) in [5.74, 6) is 0. The van der Waals surface area contributed by atoms with Crippen LogP contribution in [0.2, 0.25) is 10.0 Å². The molecule has 0 bridgehead atoms. The van der Waals surface area contributed by atoms with Crippen molar-refractivity contribution in [3.63, 3.8) is 0 Å². The minimum absolute atomic E-state index is 0.211. The molecular weight excluding hydrogens is 351 g/mol. The van der Waals surface area contributed by atoms with E-state index in [-0.39, 0.29) is 9.79 Å². The molecule has 0 aliphatic rings. The second-order valence-electron chi connectivity index (χ2n) is 4.96. The molecule has 0 spiro atoms. The standard InChI is InChI=1S/C18H12Cl2O2S/c19-14-7-5-13(6-8-14)17-3-1-2-4-18(17)23(21,22)16-11-9-15(20)10-12-16/h1-12H. The number of halogens is 2. The van der Waals surface area contributed by atoms with E-state index in [4.69, 9.17) is 23.2 Å². The lowest BCUT2D eigenvalue weighted by Crippen LogP contribution is -2.03. The van der Waals surface area contributed by atoms with Gasteiger partial charge in [0.2, 0.25) is 9.84 Å². The Bertz CT molecular complexity index is 932. The number of sulfone groups is 1. The van der Waals surface area contributed by atoms with E-state index in [1.54, 1.807) is 54.6 Å². The number of rotatable bonds is 3. The van der Waals surface area contributed by atoms with Crippen molar-refractivity contribution in [2.75, 3.05) is 0 Å². The van der Waals surface area contributed by atoms with Crippen molar-refractivity contribution in [1.82, 2.24) is 0 Å². The van der Waals surface area contributed by atoms with Crippen LogP contribution in [0.15, 0.2) is 82.6 Å². The van der Waals surface area contributed by atoms with Crippen molar-refractivity contribution in [2.24, 2.45) is 0 Å². The first-order valence-electron chi connectivity index (χ1n) is 6.84. The van der Waals surface area contributed by atoms with Gasteiger partial charge in [0.25, 0.3) is 0 Å². The topological polar surface area (TPSA) is 34.1 Å². The molecule has 0 aromatic heterocycles. The first kappa shape index (κ1) is 16.1. The molecule has 3 aromatic rings. The maximum absolute atomic E-state index is 12.9. The molecule has 0 heterocycles. The minimum Gasteiger partial charge on any atom is -0.218 e. The van der Waals surface area contributed by atoms with Gasteiger partial charge in [0.15, 0.2) is 0 Å². The average Bonchev–Trinajstić information content (AvgIpc) is 2.56. The molecule has 3 rings (SSSR count). The molecule has 0 fully saturated rings. The van der Waals surface area contributed by atoms with E-state index >= 15 is 0 Å². The van der Waals surface area contributed by atoms with E-state index in [9.17, 15) is 8.42 Å². The predicted octanol–water partition coefficient (Wildman–Crippen LogP) is 5.49. The fourth-order valence-corrected chi connectivity index (χ4v) is 4.04. The van der Waals surface area contributed by atoms with Gasteiger partial charge < -0.3 is 0 Å². The molecule has 0 atom stereocenters. The summed E-state index contributed by atoms with van der Waals surface area (Å²) in [6.07, 6.45) is 0. The van der Waals surface area contributed by atoms with Gasteiger partial charge in [-0.3, -0.25) is 0 Å². The van der Waals surface area contributed by atoms with Gasteiger partial charge in [-0.15, -0.1) is 0 Å². The maximum Gasteiger partial charge on any atom is 0.207 e. The first-order valence-corrected chi connectivity index (χ1v) is 9.08. The molecule has 0 amide bonds. The molecule has 5 heteroatoms. The van der Waals surface area contributed by atoms with Crippen LogP contribution >= 0.6 is 23.2 Å². The van der Waals surface area contributed by atoms with Crippen molar-refractivity contribution < 1.29 is 8.42 Å². The zero-order valence-corrected chi connectivity index (χ0v) is 14.2. The summed E-state index contributed by atoms with van der Waals surface area (Å²) in [7, 11) is -3.64. The van der Waals surface area contributed by atoms with Crippen molar-refractivity contribution >= 4 is 33.0 Å². The van der Waals surface area contributed by atoms with Crippen LogP contribution in [0, 0.1) is 0 Å². The molecule has 3 aromatic carbocycles. The van der Waals surface area contributed by atoms with E-state index in [0.717, 1.165) is 5.56 Å². The Kier molecular flexibility index (Phi) is 4.44. The summed E-state index contributed by atoms with van der Waals surface area (Å²) in [5, 5.41) is 1.10. The Balaban J connectivity index is 2.17. The van der Waals surface area contributed by atoms with Gasteiger partial charge >= 0.3 is 0 Å². The molecule has 0 unspecified atom stereocenters. The van der Waals surface area contributed by atoms with Crippen LogP contribution < -0.4 is 0 Å². The molecule has 0 radical (unpaired) electrons. The molecule has 23 heavy (non-hydrogen) atoms. The van der Waals surface area contributed by atoms with Crippen LogP contribution in [0.4, 0.5) is 0 Å². The van der Waals surface area contributed by atoms with Crippen molar-refractivity contribution in [3.8, 4) is 11.1 Å². The average molecular weight is 363 g/mol. The second-order valence-corrected chi connectivity index (χ2v) is 7.75. The lowest BCUT2D eigenvalue weighted by atomic mass is 10.1. The summed E-state index contributed by atoms with van der Waals surface area (Å²) in [6.45, 7) is 0. The van der Waals surface area contributed by atoms with Crippen LogP contribution in [0.5, 0.6) is 0 Å². The highest BCUT2D eigenvalue weighted by molar-refractivity contribution is 7.91. The van der Waals surface area contributed by atoms with Gasteiger partial charge in [0, 0.05) is 15.6 Å². The highest BCUT2D eigenvalue weighted by Gasteiger charge is 2.21. The molecule has 0 aliphatic carbocycles. The lowest BCUT2D eigenvalue weighted by molar-refractivity contribution is 0.596. The van der Waals surface area contributed by atoms with E-state index in [2.05, 4.69) is 0 Å². The molecule has 0 aliphatic heterocycles. The fourth-order valence-electron chi connectivity index (χ4n) is 2.31. The van der Waals surface area contributed by atoms with Crippen molar-refractivity contribution in [2.45, 2.75) is 9.79 Å². The molecule has 2 nitrogen and oxygen atoms in total. The van der Waals surface area contributed by atoms with Crippen molar-refractivity contribution in [1.29, 1.82) is 0 Å². The third-order valence-electron chi connectivity index (χ3n) is 3.46. The van der Waals surface area contributed by atoms with Crippen LogP contribution in [0.1, 0.15) is 0 Å². The van der Waals surface area contributed by atoms with Crippen LogP contribution in [0.3, 0.4) is 0 Å². The van der Waals surface area contributed by atoms with Crippen LogP contribution in [-0.2, 0) is 9.84 Å². The SMILES string of the molecule is O=S(=O)(c1ccc(Cl)cc1)c1ccccc1-c1ccc(Cl)cc1. The summed E-state index contributed by atoms with van der Waals surface area (Å²) >= 11 is 11.8. The zero-order chi connectivity index (χ0) is 16.4. The maximum atomic E-state index is 12.9. The molecule has 0 N–H and O–H groups in total. The van der Waals surface area contributed by atoms with Gasteiger partial charge in [0.1, 0.15) is 0 Å². The molecule has 116 valence electrons. The Hall–Kier alpha value is -1.81. The quantitative estimate of drug-likeness (QED) is 0.616. The Labute approximate surface area is 145 Å². The number of hydrogen-bond acceptors (Lipinski definition) is 2. The Morgan fingerprint density at radius 2 is 1.17 bits per heavy atom. The summed E-state index contributed by atoms with van der Waals surface area (Å²) < 4.78 is 25.9. The first-order chi connectivity index (χ1) is 11.0. The molecular formula is C18H12Cl2O2S. The Morgan fingerprint density at radius 3 is 1.78 bits per heavy atom. The smallest absolute Gasteiger partial charge is 0.207 e. The highest BCUT2D eigenvalue weighted by atomic mass is 35.5. The Morgan fingerprint density at radius 1 is 0.652 bits per heavy atom. The second kappa shape index (κ2) is 6.36. The van der Waals surface area contributed by atoms with Crippen molar-refractivity contribution in [3.05, 3.63) is 82.8 Å². The van der Waals surface area contributed by atoms with E-state index in [0.29, 0.717) is 15.6 Å².